The van der Waals surface area contributed by atoms with Crippen molar-refractivity contribution in [1.82, 2.24) is 19.4 Å². The first-order valence-corrected chi connectivity index (χ1v) is 8.66. The highest BCUT2D eigenvalue weighted by Crippen LogP contribution is 2.18. The van der Waals surface area contributed by atoms with Gasteiger partial charge in [-0.15, -0.1) is 0 Å². The second-order valence-electron chi connectivity index (χ2n) is 7.45. The Morgan fingerprint density at radius 3 is 2.42 bits per heavy atom. The molecular weight excluding hydrogens is 300 g/mol. The van der Waals surface area contributed by atoms with Crippen LogP contribution in [0.15, 0.2) is 36.9 Å². The summed E-state index contributed by atoms with van der Waals surface area (Å²) in [5.41, 5.74) is 3.25. The van der Waals surface area contributed by atoms with Crippen LogP contribution in [0.5, 0.6) is 0 Å². The Hall–Kier alpha value is -1.69. The predicted molar refractivity (Wildman–Crippen MR) is 96.3 cm³/mol. The number of aromatic nitrogens is 2. The number of rotatable bonds is 5. The summed E-state index contributed by atoms with van der Waals surface area (Å²) >= 11 is 0. The summed E-state index contributed by atoms with van der Waals surface area (Å²) in [6, 6.07) is 6.62. The normalized spacial score (nSPS) is 17.3. The average Bonchev–Trinajstić information content (AvgIpc) is 3.04. The number of imidazole rings is 1. The van der Waals surface area contributed by atoms with Gasteiger partial charge in [-0.2, -0.15) is 0 Å². The van der Waals surface area contributed by atoms with Crippen LogP contribution < -0.4 is 0 Å². The second-order valence-corrected chi connectivity index (χ2v) is 7.45. The lowest BCUT2D eigenvalue weighted by Crippen LogP contribution is -2.50. The molecule has 0 atom stereocenters. The van der Waals surface area contributed by atoms with Crippen molar-refractivity contribution >= 4 is 0 Å². The third-order valence-corrected chi connectivity index (χ3v) is 4.60. The maximum Gasteiger partial charge on any atom is 0.0991 e. The van der Waals surface area contributed by atoms with Crippen LogP contribution in [-0.2, 0) is 6.54 Å². The molecule has 0 bridgehead atoms. The number of β-amino-alcohol motifs (C(OH)–C–C–N with tert-alkyl or cyclic N) is 1. The van der Waals surface area contributed by atoms with Crippen molar-refractivity contribution in [3.8, 4) is 5.69 Å². The van der Waals surface area contributed by atoms with Crippen molar-refractivity contribution in [2.45, 2.75) is 32.9 Å². The minimum atomic E-state index is -0.609. The van der Waals surface area contributed by atoms with Gasteiger partial charge in [-0.1, -0.05) is 6.07 Å². The molecule has 1 aliphatic heterocycles. The lowest BCUT2D eigenvalue weighted by Gasteiger charge is -2.37. The number of piperazine rings is 1. The summed E-state index contributed by atoms with van der Waals surface area (Å²) in [5.74, 6) is 0. The van der Waals surface area contributed by atoms with Gasteiger partial charge >= 0.3 is 0 Å². The van der Waals surface area contributed by atoms with E-state index in [2.05, 4.69) is 39.9 Å². The highest BCUT2D eigenvalue weighted by Gasteiger charge is 2.22. The molecule has 24 heavy (non-hydrogen) atoms. The molecule has 1 aromatic heterocycles. The van der Waals surface area contributed by atoms with Crippen molar-refractivity contribution in [1.29, 1.82) is 0 Å². The first-order chi connectivity index (χ1) is 11.4. The van der Waals surface area contributed by atoms with Gasteiger partial charge in [-0.3, -0.25) is 9.80 Å². The summed E-state index contributed by atoms with van der Waals surface area (Å²) < 4.78 is 2.03. The van der Waals surface area contributed by atoms with Crippen LogP contribution in [-0.4, -0.2) is 62.8 Å². The number of benzene rings is 1. The molecule has 1 aromatic carbocycles. The lowest BCUT2D eigenvalue weighted by molar-refractivity contribution is 0.0166. The molecule has 0 unspecified atom stereocenters. The fourth-order valence-electron chi connectivity index (χ4n) is 3.32. The molecule has 1 N–H and O–H groups in total. The van der Waals surface area contributed by atoms with Gasteiger partial charge in [0.2, 0.25) is 0 Å². The van der Waals surface area contributed by atoms with E-state index in [0.29, 0.717) is 0 Å². The average molecular weight is 328 g/mol. The topological polar surface area (TPSA) is 44.5 Å². The SMILES string of the molecule is Cc1cc(-n2ccnc2)ccc1CN1CCN(CC(C)(C)O)CC1. The molecule has 2 aromatic rings. The monoisotopic (exact) mass is 328 g/mol. The molecule has 1 saturated heterocycles. The molecule has 0 radical (unpaired) electrons. The zero-order valence-electron chi connectivity index (χ0n) is 14.9. The zero-order chi connectivity index (χ0) is 17.2. The molecule has 0 spiro atoms. The number of nitrogens with zero attached hydrogens (tertiary/aromatic N) is 4. The van der Waals surface area contributed by atoms with Gasteiger partial charge in [0.25, 0.3) is 0 Å². The second kappa shape index (κ2) is 7.05. The highest BCUT2D eigenvalue weighted by atomic mass is 16.3. The zero-order valence-corrected chi connectivity index (χ0v) is 14.9. The van der Waals surface area contributed by atoms with E-state index in [0.717, 1.165) is 45.0 Å². The fraction of sp³-hybridized carbons (Fsp3) is 0.526. The van der Waals surface area contributed by atoms with E-state index in [-0.39, 0.29) is 0 Å². The number of aryl methyl sites for hydroxylation is 1. The first kappa shape index (κ1) is 17.1. The van der Waals surface area contributed by atoms with Crippen molar-refractivity contribution in [2.75, 3.05) is 32.7 Å². The van der Waals surface area contributed by atoms with E-state index < -0.39 is 5.60 Å². The van der Waals surface area contributed by atoms with Crippen LogP contribution in [0.25, 0.3) is 5.69 Å². The minimum Gasteiger partial charge on any atom is -0.389 e. The third-order valence-electron chi connectivity index (χ3n) is 4.60. The Labute approximate surface area is 144 Å². The number of hydrogen-bond donors (Lipinski definition) is 1. The molecule has 130 valence electrons. The van der Waals surface area contributed by atoms with Crippen LogP contribution in [0.1, 0.15) is 25.0 Å². The van der Waals surface area contributed by atoms with Crippen molar-refractivity contribution in [2.24, 2.45) is 0 Å². The molecular formula is C19H28N4O. The van der Waals surface area contributed by atoms with Crippen LogP contribution in [0.3, 0.4) is 0 Å². The molecule has 0 saturated carbocycles. The smallest absolute Gasteiger partial charge is 0.0991 e. The molecule has 3 rings (SSSR count). The van der Waals surface area contributed by atoms with Crippen molar-refractivity contribution in [3.63, 3.8) is 0 Å². The van der Waals surface area contributed by atoms with Gasteiger partial charge < -0.3 is 9.67 Å². The van der Waals surface area contributed by atoms with E-state index in [9.17, 15) is 5.11 Å². The van der Waals surface area contributed by atoms with Crippen molar-refractivity contribution in [3.05, 3.63) is 48.0 Å². The van der Waals surface area contributed by atoms with E-state index in [4.69, 9.17) is 0 Å². The maximum absolute atomic E-state index is 9.95. The Bertz CT molecular complexity index is 653. The summed E-state index contributed by atoms with van der Waals surface area (Å²) in [6.07, 6.45) is 5.60. The van der Waals surface area contributed by atoms with Gasteiger partial charge in [0.05, 0.1) is 11.9 Å². The van der Waals surface area contributed by atoms with Gasteiger partial charge in [-0.05, 0) is 44.0 Å². The largest absolute Gasteiger partial charge is 0.389 e. The summed E-state index contributed by atoms with van der Waals surface area (Å²) in [4.78, 5) is 8.96. The van der Waals surface area contributed by atoms with Gasteiger partial charge in [-0.25, -0.2) is 4.98 Å². The third kappa shape index (κ3) is 4.44. The standard InChI is InChI=1S/C19H28N4O/c1-16-12-18(23-7-6-20-15-23)5-4-17(16)13-21-8-10-22(11-9-21)14-19(2,3)24/h4-7,12,15,24H,8-11,13-14H2,1-3H3. The molecule has 0 aliphatic carbocycles. The summed E-state index contributed by atoms with van der Waals surface area (Å²) in [6.45, 7) is 11.8. The Kier molecular flexibility index (Phi) is 5.04. The Balaban J connectivity index is 1.57. The molecule has 1 fully saturated rings. The van der Waals surface area contributed by atoms with E-state index >= 15 is 0 Å². The molecule has 0 amide bonds. The molecule has 5 heteroatoms. The van der Waals surface area contributed by atoms with Crippen LogP contribution in [0.4, 0.5) is 0 Å². The lowest BCUT2D eigenvalue weighted by atomic mass is 10.1. The number of aliphatic hydroxyl groups is 1. The van der Waals surface area contributed by atoms with E-state index in [1.54, 1.807) is 6.20 Å². The highest BCUT2D eigenvalue weighted by molar-refractivity contribution is 5.40. The first-order valence-electron chi connectivity index (χ1n) is 8.66. The van der Waals surface area contributed by atoms with Crippen molar-refractivity contribution < 1.29 is 5.11 Å². The maximum atomic E-state index is 9.95. The van der Waals surface area contributed by atoms with E-state index in [1.165, 1.54) is 11.1 Å². The van der Waals surface area contributed by atoms with Crippen LogP contribution in [0, 0.1) is 6.92 Å². The van der Waals surface area contributed by atoms with Crippen LogP contribution >= 0.6 is 0 Å². The van der Waals surface area contributed by atoms with Gasteiger partial charge in [0.15, 0.2) is 0 Å². The fourth-order valence-corrected chi connectivity index (χ4v) is 3.32. The predicted octanol–water partition coefficient (Wildman–Crippen LogP) is 2.07. The quantitative estimate of drug-likeness (QED) is 0.913. The minimum absolute atomic E-state index is 0.609. The molecule has 2 heterocycles. The molecule has 5 nitrogen and oxygen atoms in total. The van der Waals surface area contributed by atoms with Gasteiger partial charge in [0, 0.05) is 57.3 Å². The Morgan fingerprint density at radius 2 is 1.83 bits per heavy atom. The summed E-state index contributed by atoms with van der Waals surface area (Å²) in [5, 5.41) is 9.95. The summed E-state index contributed by atoms with van der Waals surface area (Å²) in [7, 11) is 0. The Morgan fingerprint density at radius 1 is 1.12 bits per heavy atom. The number of hydrogen-bond acceptors (Lipinski definition) is 4. The van der Waals surface area contributed by atoms with Crippen LogP contribution in [0.2, 0.25) is 0 Å². The van der Waals surface area contributed by atoms with E-state index in [1.807, 2.05) is 30.9 Å². The molecule has 1 aliphatic rings. The van der Waals surface area contributed by atoms with Gasteiger partial charge in [0.1, 0.15) is 0 Å².